The number of ether oxygens (including phenoxy) is 2. The molecule has 0 aliphatic rings. The molecular formula is C22H39NO2S. The normalized spacial score (nSPS) is 12.5. The Morgan fingerprint density at radius 2 is 1.62 bits per heavy atom. The average Bonchev–Trinajstić information content (AvgIpc) is 2.66. The fraction of sp³-hybridized carbons (Fsp3) is 0.727. The highest BCUT2D eigenvalue weighted by Crippen LogP contribution is 2.14. The zero-order chi connectivity index (χ0) is 19.0. The molecule has 26 heavy (non-hydrogen) atoms. The maximum absolute atomic E-state index is 6.27. The van der Waals surface area contributed by atoms with Crippen LogP contribution in [0.25, 0.3) is 0 Å². The van der Waals surface area contributed by atoms with Crippen LogP contribution in [-0.2, 0) is 4.74 Å². The maximum atomic E-state index is 6.27. The third-order valence-corrected chi connectivity index (χ3v) is 5.56. The number of benzene rings is 1. The van der Waals surface area contributed by atoms with Crippen LogP contribution < -0.4 is 4.74 Å². The summed E-state index contributed by atoms with van der Waals surface area (Å²) < 4.78 is 12.3. The summed E-state index contributed by atoms with van der Waals surface area (Å²) in [6.07, 6.45) is 6.28. The lowest BCUT2D eigenvalue weighted by atomic mass is 10.2. The van der Waals surface area contributed by atoms with Crippen molar-refractivity contribution < 1.29 is 9.47 Å². The molecule has 0 amide bonds. The summed E-state index contributed by atoms with van der Waals surface area (Å²) in [4.78, 5) is 2.45. The van der Waals surface area contributed by atoms with Gasteiger partial charge in [-0.1, -0.05) is 51.3 Å². The molecule has 1 aromatic rings. The average molecular weight is 382 g/mol. The molecule has 150 valence electrons. The van der Waals surface area contributed by atoms with Crippen LogP contribution in [0.4, 0.5) is 0 Å². The third-order valence-electron chi connectivity index (χ3n) is 4.26. The maximum Gasteiger partial charge on any atom is 0.119 e. The molecule has 0 radical (unpaired) electrons. The van der Waals surface area contributed by atoms with E-state index < -0.39 is 0 Å². The van der Waals surface area contributed by atoms with Crippen molar-refractivity contribution in [2.75, 3.05) is 37.9 Å². The SMILES string of the molecule is CCCCN(CCCC)COC(COc1ccc(C)cc1)CSCCC. The van der Waals surface area contributed by atoms with Gasteiger partial charge in [-0.2, -0.15) is 11.8 Å². The van der Waals surface area contributed by atoms with Gasteiger partial charge in [0.25, 0.3) is 0 Å². The summed E-state index contributed by atoms with van der Waals surface area (Å²) in [5.41, 5.74) is 1.26. The van der Waals surface area contributed by atoms with Crippen molar-refractivity contribution >= 4 is 11.8 Å². The number of nitrogens with zero attached hydrogens (tertiary/aromatic N) is 1. The predicted molar refractivity (Wildman–Crippen MR) is 115 cm³/mol. The largest absolute Gasteiger partial charge is 0.491 e. The first-order valence-corrected chi connectivity index (χ1v) is 11.5. The van der Waals surface area contributed by atoms with Crippen LogP contribution in [-0.4, -0.2) is 48.9 Å². The molecule has 0 aliphatic carbocycles. The third kappa shape index (κ3) is 11.1. The molecule has 0 spiro atoms. The summed E-state index contributed by atoms with van der Waals surface area (Å²) in [6.45, 7) is 12.4. The van der Waals surface area contributed by atoms with Gasteiger partial charge in [0.15, 0.2) is 0 Å². The van der Waals surface area contributed by atoms with Crippen LogP contribution in [0.15, 0.2) is 24.3 Å². The Labute approximate surface area is 165 Å². The molecule has 0 N–H and O–H groups in total. The Morgan fingerprint density at radius 1 is 0.962 bits per heavy atom. The van der Waals surface area contributed by atoms with Gasteiger partial charge in [-0.3, -0.25) is 4.90 Å². The highest BCUT2D eigenvalue weighted by Gasteiger charge is 2.13. The topological polar surface area (TPSA) is 21.7 Å². The lowest BCUT2D eigenvalue weighted by Gasteiger charge is -2.25. The van der Waals surface area contributed by atoms with E-state index in [9.17, 15) is 0 Å². The smallest absolute Gasteiger partial charge is 0.119 e. The number of hydrogen-bond acceptors (Lipinski definition) is 4. The number of unbranched alkanes of at least 4 members (excludes halogenated alkanes) is 2. The highest BCUT2D eigenvalue weighted by molar-refractivity contribution is 7.99. The van der Waals surface area contributed by atoms with E-state index in [1.54, 1.807) is 0 Å². The first-order chi connectivity index (χ1) is 12.7. The second kappa shape index (κ2) is 15.4. The van der Waals surface area contributed by atoms with Crippen molar-refractivity contribution in [2.24, 2.45) is 0 Å². The molecule has 1 rings (SSSR count). The number of hydrogen-bond donors (Lipinski definition) is 0. The minimum absolute atomic E-state index is 0.138. The zero-order valence-corrected chi connectivity index (χ0v) is 18.2. The molecule has 4 heteroatoms. The van der Waals surface area contributed by atoms with Gasteiger partial charge in [-0.25, -0.2) is 0 Å². The van der Waals surface area contributed by atoms with E-state index in [0.717, 1.165) is 24.6 Å². The number of rotatable bonds is 16. The monoisotopic (exact) mass is 381 g/mol. The van der Waals surface area contributed by atoms with Crippen molar-refractivity contribution in [1.82, 2.24) is 4.90 Å². The second-order valence-electron chi connectivity index (χ2n) is 6.94. The van der Waals surface area contributed by atoms with Gasteiger partial charge in [0.05, 0.1) is 6.73 Å². The van der Waals surface area contributed by atoms with Crippen molar-refractivity contribution in [2.45, 2.75) is 65.9 Å². The van der Waals surface area contributed by atoms with E-state index >= 15 is 0 Å². The summed E-state index contributed by atoms with van der Waals surface area (Å²) >= 11 is 1.96. The van der Waals surface area contributed by atoms with Gasteiger partial charge < -0.3 is 9.47 Å². The molecule has 0 saturated carbocycles. The highest BCUT2D eigenvalue weighted by atomic mass is 32.2. The van der Waals surface area contributed by atoms with Crippen LogP contribution in [0, 0.1) is 6.92 Å². The van der Waals surface area contributed by atoms with Gasteiger partial charge in [-0.05, 0) is 44.1 Å². The minimum Gasteiger partial charge on any atom is -0.491 e. The Hall–Kier alpha value is -0.710. The second-order valence-corrected chi connectivity index (χ2v) is 8.09. The van der Waals surface area contributed by atoms with Gasteiger partial charge >= 0.3 is 0 Å². The van der Waals surface area contributed by atoms with E-state index in [-0.39, 0.29) is 6.10 Å². The van der Waals surface area contributed by atoms with Gasteiger partial charge in [0.1, 0.15) is 18.5 Å². The summed E-state index contributed by atoms with van der Waals surface area (Å²) in [7, 11) is 0. The quantitative estimate of drug-likeness (QED) is 0.268. The minimum atomic E-state index is 0.138. The summed E-state index contributed by atoms with van der Waals surface area (Å²) in [5, 5.41) is 0. The molecule has 0 heterocycles. The molecular weight excluding hydrogens is 342 g/mol. The van der Waals surface area contributed by atoms with Crippen LogP contribution in [0.3, 0.4) is 0 Å². The van der Waals surface area contributed by atoms with Gasteiger partial charge in [-0.15, -0.1) is 0 Å². The molecule has 3 nitrogen and oxygen atoms in total. The molecule has 0 bridgehead atoms. The Bertz CT molecular complexity index is 430. The lowest BCUT2D eigenvalue weighted by molar-refractivity contribution is -0.0305. The summed E-state index contributed by atoms with van der Waals surface area (Å²) in [6, 6.07) is 8.27. The molecule has 0 aliphatic heterocycles. The predicted octanol–water partition coefficient (Wildman–Crippen LogP) is 5.76. The zero-order valence-electron chi connectivity index (χ0n) is 17.3. The van der Waals surface area contributed by atoms with Crippen LogP contribution in [0.5, 0.6) is 5.75 Å². The van der Waals surface area contributed by atoms with Crippen molar-refractivity contribution in [3.05, 3.63) is 29.8 Å². The fourth-order valence-corrected chi connectivity index (χ4v) is 3.45. The molecule has 1 unspecified atom stereocenters. The van der Waals surface area contributed by atoms with Gasteiger partial charge in [0, 0.05) is 18.8 Å². The first-order valence-electron chi connectivity index (χ1n) is 10.3. The number of aryl methyl sites for hydroxylation is 1. The van der Waals surface area contributed by atoms with Gasteiger partial charge in [0.2, 0.25) is 0 Å². The van der Waals surface area contributed by atoms with Crippen molar-refractivity contribution in [1.29, 1.82) is 0 Å². The fourth-order valence-electron chi connectivity index (χ4n) is 2.54. The van der Waals surface area contributed by atoms with E-state index in [4.69, 9.17) is 9.47 Å². The Morgan fingerprint density at radius 3 is 2.19 bits per heavy atom. The van der Waals surface area contributed by atoms with Crippen molar-refractivity contribution in [3.8, 4) is 5.75 Å². The van der Waals surface area contributed by atoms with Crippen LogP contribution in [0.1, 0.15) is 58.4 Å². The molecule has 1 aromatic carbocycles. The lowest BCUT2D eigenvalue weighted by Crippen LogP contribution is -2.34. The van der Waals surface area contributed by atoms with E-state index in [1.807, 2.05) is 23.9 Å². The van der Waals surface area contributed by atoms with Crippen LogP contribution >= 0.6 is 11.8 Å². The Balaban J connectivity index is 2.49. The Kier molecular flexibility index (Phi) is 13.8. The number of thioether (sulfide) groups is 1. The molecule has 0 saturated heterocycles. The van der Waals surface area contributed by atoms with E-state index in [0.29, 0.717) is 13.3 Å². The molecule has 0 fully saturated rings. The van der Waals surface area contributed by atoms with Crippen LogP contribution in [0.2, 0.25) is 0 Å². The van der Waals surface area contributed by atoms with E-state index in [2.05, 4.69) is 44.7 Å². The molecule has 1 atom stereocenters. The standard InChI is InChI=1S/C22H39NO2S/c1-5-8-14-23(15-9-6-2)19-25-22(18-26-16-7-3)17-24-21-12-10-20(4)11-13-21/h10-13,22H,5-9,14-19H2,1-4H3. The van der Waals surface area contributed by atoms with E-state index in [1.165, 1.54) is 43.4 Å². The summed E-state index contributed by atoms with van der Waals surface area (Å²) in [5.74, 6) is 3.10. The first kappa shape index (κ1) is 23.3. The molecule has 0 aromatic heterocycles. The van der Waals surface area contributed by atoms with Crippen molar-refractivity contribution in [3.63, 3.8) is 0 Å².